The fourth-order valence-electron chi connectivity index (χ4n) is 2.97. The van der Waals surface area contributed by atoms with Gasteiger partial charge in [-0.2, -0.15) is 11.8 Å². The lowest BCUT2D eigenvalue weighted by Crippen LogP contribution is -2.35. The normalized spacial score (nSPS) is 18.9. The highest BCUT2D eigenvalue weighted by molar-refractivity contribution is 7.98. The van der Waals surface area contributed by atoms with Gasteiger partial charge in [0.1, 0.15) is 5.82 Å². The first-order valence-corrected chi connectivity index (χ1v) is 9.56. The maximum atomic E-state index is 12.6. The topological polar surface area (TPSA) is 57.8 Å². The van der Waals surface area contributed by atoms with Gasteiger partial charge in [-0.15, -0.1) is 0 Å². The Morgan fingerprint density at radius 3 is 3.04 bits per heavy atom. The van der Waals surface area contributed by atoms with E-state index in [4.69, 9.17) is 0 Å². The van der Waals surface area contributed by atoms with Gasteiger partial charge in [0.15, 0.2) is 0 Å². The van der Waals surface area contributed by atoms with Crippen LogP contribution in [0.15, 0.2) is 36.4 Å². The summed E-state index contributed by atoms with van der Waals surface area (Å²) in [6.45, 7) is 0. The zero-order valence-electron chi connectivity index (χ0n) is 13.4. The highest BCUT2D eigenvalue weighted by Gasteiger charge is 2.24. The molecule has 0 radical (unpaired) electrons. The monoisotopic (exact) mass is 329 g/mol. The first kappa shape index (κ1) is 16.1. The third-order valence-corrected chi connectivity index (χ3v) is 4.95. The quantitative estimate of drug-likeness (QED) is 0.792. The first-order valence-electron chi connectivity index (χ1n) is 8.17. The summed E-state index contributed by atoms with van der Waals surface area (Å²) in [5, 5.41) is 3.22. The molecular formula is C18H23N3OS. The SMILES string of the molecule is CSCC[C@H](NC(=O)C1CC=CCC1)c1nc2ccccc2[nH]1. The summed E-state index contributed by atoms with van der Waals surface area (Å²) in [6.07, 6.45) is 10.0. The number of nitrogens with zero attached hydrogens (tertiary/aromatic N) is 1. The molecule has 5 heteroatoms. The van der Waals surface area contributed by atoms with E-state index in [-0.39, 0.29) is 17.9 Å². The molecule has 2 aromatic rings. The minimum atomic E-state index is -0.0479. The van der Waals surface area contributed by atoms with Crippen LogP contribution in [0, 0.1) is 5.92 Å². The fourth-order valence-corrected chi connectivity index (χ4v) is 3.44. The molecule has 1 aromatic heterocycles. The molecule has 0 spiro atoms. The maximum absolute atomic E-state index is 12.6. The Hall–Kier alpha value is -1.75. The van der Waals surface area contributed by atoms with E-state index >= 15 is 0 Å². The van der Waals surface area contributed by atoms with E-state index in [0.717, 1.165) is 48.3 Å². The molecule has 1 aliphatic rings. The molecule has 1 amide bonds. The van der Waals surface area contributed by atoms with Crippen molar-refractivity contribution in [1.29, 1.82) is 0 Å². The number of carbonyl (C=O) groups is 1. The van der Waals surface area contributed by atoms with E-state index in [1.807, 2.05) is 24.3 Å². The molecule has 0 aliphatic heterocycles. The minimum Gasteiger partial charge on any atom is -0.346 e. The Labute approximate surface area is 141 Å². The number of imidazole rings is 1. The van der Waals surface area contributed by atoms with Crippen LogP contribution >= 0.6 is 11.8 Å². The van der Waals surface area contributed by atoms with Crippen molar-refractivity contribution in [2.24, 2.45) is 5.92 Å². The zero-order chi connectivity index (χ0) is 16.1. The van der Waals surface area contributed by atoms with Gasteiger partial charge in [0.05, 0.1) is 17.1 Å². The minimum absolute atomic E-state index is 0.0479. The summed E-state index contributed by atoms with van der Waals surface area (Å²) >= 11 is 1.79. The third-order valence-electron chi connectivity index (χ3n) is 4.30. The summed E-state index contributed by atoms with van der Waals surface area (Å²) in [4.78, 5) is 20.6. The molecular weight excluding hydrogens is 306 g/mol. The highest BCUT2D eigenvalue weighted by Crippen LogP contribution is 2.23. The van der Waals surface area contributed by atoms with E-state index in [1.54, 1.807) is 11.8 Å². The molecule has 4 nitrogen and oxygen atoms in total. The van der Waals surface area contributed by atoms with Gasteiger partial charge in [-0.25, -0.2) is 4.98 Å². The molecule has 0 saturated heterocycles. The number of thioether (sulfide) groups is 1. The van der Waals surface area contributed by atoms with Crippen LogP contribution in [0.3, 0.4) is 0 Å². The van der Waals surface area contributed by atoms with Crippen LogP contribution in [-0.4, -0.2) is 27.9 Å². The van der Waals surface area contributed by atoms with Crippen LogP contribution in [0.2, 0.25) is 0 Å². The van der Waals surface area contributed by atoms with Crippen LogP contribution in [0.25, 0.3) is 11.0 Å². The summed E-state index contributed by atoms with van der Waals surface area (Å²) in [7, 11) is 0. The van der Waals surface area contributed by atoms with E-state index in [9.17, 15) is 4.79 Å². The molecule has 1 heterocycles. The standard InChI is InChI=1S/C18H23N3OS/c1-23-12-11-16(21-18(22)13-7-3-2-4-8-13)17-19-14-9-5-6-10-15(14)20-17/h2-3,5-6,9-10,13,16H,4,7-8,11-12H2,1H3,(H,19,20)(H,21,22)/t13?,16-/m0/s1. The number of aromatic amines is 1. The van der Waals surface area contributed by atoms with Crippen LogP contribution in [0.1, 0.15) is 37.5 Å². The Balaban J connectivity index is 1.76. The zero-order valence-corrected chi connectivity index (χ0v) is 14.2. The molecule has 2 atom stereocenters. The maximum Gasteiger partial charge on any atom is 0.224 e. The molecule has 23 heavy (non-hydrogen) atoms. The van der Waals surface area contributed by atoms with E-state index in [2.05, 4.69) is 33.7 Å². The van der Waals surface area contributed by atoms with E-state index < -0.39 is 0 Å². The lowest BCUT2D eigenvalue weighted by Gasteiger charge is -2.22. The second-order valence-electron chi connectivity index (χ2n) is 5.96. The smallest absolute Gasteiger partial charge is 0.224 e. The lowest BCUT2D eigenvalue weighted by molar-refractivity contribution is -0.126. The summed E-state index contributed by atoms with van der Waals surface area (Å²) in [5.41, 5.74) is 1.97. The summed E-state index contributed by atoms with van der Waals surface area (Å²) < 4.78 is 0. The summed E-state index contributed by atoms with van der Waals surface area (Å²) in [5.74, 6) is 2.11. The number of amides is 1. The van der Waals surface area contributed by atoms with Crippen LogP contribution in [-0.2, 0) is 4.79 Å². The second-order valence-corrected chi connectivity index (χ2v) is 6.95. The average Bonchev–Trinajstić information content (AvgIpc) is 3.03. The molecule has 122 valence electrons. The van der Waals surface area contributed by atoms with Crippen molar-refractivity contribution in [2.45, 2.75) is 31.7 Å². The predicted molar refractivity (Wildman–Crippen MR) is 96.5 cm³/mol. The number of benzene rings is 1. The van der Waals surface area contributed by atoms with E-state index in [1.165, 1.54) is 0 Å². The number of para-hydroxylation sites is 2. The number of aromatic nitrogens is 2. The molecule has 2 N–H and O–H groups in total. The van der Waals surface area contributed by atoms with E-state index in [0.29, 0.717) is 0 Å². The Kier molecular flexibility index (Phi) is 5.39. The number of allylic oxidation sites excluding steroid dienone is 2. The average molecular weight is 329 g/mol. The number of fused-ring (bicyclic) bond motifs is 1. The molecule has 0 fully saturated rings. The van der Waals surface area contributed by atoms with Crippen molar-refractivity contribution in [3.63, 3.8) is 0 Å². The van der Waals surface area contributed by atoms with Gasteiger partial charge in [0, 0.05) is 5.92 Å². The molecule has 0 saturated carbocycles. The van der Waals surface area contributed by atoms with Crippen molar-refractivity contribution >= 4 is 28.7 Å². The van der Waals surface area contributed by atoms with Gasteiger partial charge in [0.25, 0.3) is 0 Å². The molecule has 1 unspecified atom stereocenters. The highest BCUT2D eigenvalue weighted by atomic mass is 32.2. The van der Waals surface area contributed by atoms with Gasteiger partial charge in [-0.1, -0.05) is 24.3 Å². The van der Waals surface area contributed by atoms with Crippen molar-refractivity contribution in [3.8, 4) is 0 Å². The number of hydrogen-bond acceptors (Lipinski definition) is 3. The van der Waals surface area contributed by atoms with Crippen LogP contribution in [0.4, 0.5) is 0 Å². The van der Waals surface area contributed by atoms with Gasteiger partial charge in [-0.05, 0) is 49.8 Å². The number of rotatable bonds is 6. The number of nitrogens with one attached hydrogen (secondary N) is 2. The Morgan fingerprint density at radius 1 is 1.43 bits per heavy atom. The van der Waals surface area contributed by atoms with Crippen LogP contribution < -0.4 is 5.32 Å². The van der Waals surface area contributed by atoms with Gasteiger partial charge in [-0.3, -0.25) is 4.79 Å². The third kappa shape index (κ3) is 3.96. The van der Waals surface area contributed by atoms with Gasteiger partial charge >= 0.3 is 0 Å². The number of H-pyrrole nitrogens is 1. The molecule has 1 aromatic carbocycles. The molecule has 1 aliphatic carbocycles. The van der Waals surface area contributed by atoms with Crippen molar-refractivity contribution in [3.05, 3.63) is 42.2 Å². The Morgan fingerprint density at radius 2 is 2.30 bits per heavy atom. The van der Waals surface area contributed by atoms with Crippen molar-refractivity contribution in [1.82, 2.24) is 15.3 Å². The Bertz CT molecular complexity index is 661. The second kappa shape index (κ2) is 7.68. The van der Waals surface area contributed by atoms with Gasteiger partial charge < -0.3 is 10.3 Å². The van der Waals surface area contributed by atoms with Gasteiger partial charge in [0.2, 0.25) is 5.91 Å². The fraction of sp³-hybridized carbons (Fsp3) is 0.444. The number of hydrogen-bond donors (Lipinski definition) is 2. The predicted octanol–water partition coefficient (Wildman–Crippen LogP) is 3.83. The van der Waals surface area contributed by atoms with Crippen LogP contribution in [0.5, 0.6) is 0 Å². The largest absolute Gasteiger partial charge is 0.346 e. The van der Waals surface area contributed by atoms with Crippen molar-refractivity contribution < 1.29 is 4.79 Å². The lowest BCUT2D eigenvalue weighted by atomic mass is 9.93. The molecule has 0 bridgehead atoms. The summed E-state index contributed by atoms with van der Waals surface area (Å²) in [6, 6.07) is 7.94. The van der Waals surface area contributed by atoms with Crippen molar-refractivity contribution in [2.75, 3.05) is 12.0 Å². The number of carbonyl (C=O) groups excluding carboxylic acids is 1. The first-order chi connectivity index (χ1) is 11.3. The molecule has 3 rings (SSSR count).